The van der Waals surface area contributed by atoms with Crippen molar-refractivity contribution >= 4 is 5.91 Å². The maximum absolute atomic E-state index is 12.9. The van der Waals surface area contributed by atoms with E-state index in [-0.39, 0.29) is 11.6 Å². The van der Waals surface area contributed by atoms with E-state index in [9.17, 15) is 9.59 Å². The molecule has 0 atom stereocenters. The molecule has 6 nitrogen and oxygen atoms in total. The summed E-state index contributed by atoms with van der Waals surface area (Å²) >= 11 is 0. The normalized spacial score (nSPS) is 14.8. The van der Waals surface area contributed by atoms with Crippen molar-refractivity contribution in [3.8, 4) is 5.69 Å². The minimum absolute atomic E-state index is 0.108. The molecule has 156 valence electrons. The van der Waals surface area contributed by atoms with E-state index in [0.29, 0.717) is 5.92 Å². The van der Waals surface area contributed by atoms with Crippen molar-refractivity contribution in [2.75, 3.05) is 13.1 Å². The van der Waals surface area contributed by atoms with Gasteiger partial charge in [-0.25, -0.2) is 14.5 Å². The predicted molar refractivity (Wildman–Crippen MR) is 117 cm³/mol. The lowest BCUT2D eigenvalue weighted by Gasteiger charge is -2.32. The standard InChI is InChI=1S/C24H28N4O2/c1-16-12-17(2)14-20(13-16)23(29)27-10-8-19(9-11-27)15-22-25-26-24(30)28(22)21-7-5-4-6-18(21)3/h4-7,12-14,19H,8-11,15H2,1-3H3,(H,26,30). The molecule has 1 amide bonds. The predicted octanol–water partition coefficient (Wildman–Crippen LogP) is 3.58. The minimum Gasteiger partial charge on any atom is -0.339 e. The number of aromatic nitrogens is 3. The number of hydrogen-bond acceptors (Lipinski definition) is 3. The summed E-state index contributed by atoms with van der Waals surface area (Å²) in [7, 11) is 0. The SMILES string of the molecule is Cc1cc(C)cc(C(=O)N2CCC(Cc3n[nH]c(=O)n3-c3ccccc3C)CC2)c1. The molecular weight excluding hydrogens is 376 g/mol. The van der Waals surface area contributed by atoms with Gasteiger partial charge in [-0.05, 0) is 63.3 Å². The zero-order chi connectivity index (χ0) is 21.3. The van der Waals surface area contributed by atoms with Gasteiger partial charge in [-0.1, -0.05) is 35.4 Å². The largest absolute Gasteiger partial charge is 0.347 e. The van der Waals surface area contributed by atoms with Gasteiger partial charge in [0.2, 0.25) is 0 Å². The van der Waals surface area contributed by atoms with E-state index in [4.69, 9.17) is 0 Å². The van der Waals surface area contributed by atoms with Crippen molar-refractivity contribution in [1.29, 1.82) is 0 Å². The van der Waals surface area contributed by atoms with Crippen molar-refractivity contribution in [3.63, 3.8) is 0 Å². The van der Waals surface area contributed by atoms with E-state index in [1.165, 1.54) is 0 Å². The molecular formula is C24H28N4O2. The third kappa shape index (κ3) is 4.08. The summed E-state index contributed by atoms with van der Waals surface area (Å²) in [4.78, 5) is 27.2. The molecule has 1 aromatic heterocycles. The second-order valence-corrected chi connectivity index (χ2v) is 8.38. The first-order chi connectivity index (χ1) is 14.4. The van der Waals surface area contributed by atoms with Crippen molar-refractivity contribution in [1.82, 2.24) is 19.7 Å². The fraction of sp³-hybridized carbons (Fsp3) is 0.375. The zero-order valence-electron chi connectivity index (χ0n) is 17.8. The van der Waals surface area contributed by atoms with Crippen molar-refractivity contribution in [2.24, 2.45) is 5.92 Å². The first-order valence-electron chi connectivity index (χ1n) is 10.5. The molecule has 1 fully saturated rings. The average Bonchev–Trinajstić information content (AvgIpc) is 3.07. The highest BCUT2D eigenvalue weighted by molar-refractivity contribution is 5.94. The Bertz CT molecular complexity index is 1100. The van der Waals surface area contributed by atoms with Crippen LogP contribution >= 0.6 is 0 Å². The minimum atomic E-state index is -0.207. The van der Waals surface area contributed by atoms with Crippen LogP contribution in [0.2, 0.25) is 0 Å². The van der Waals surface area contributed by atoms with Crippen LogP contribution in [0, 0.1) is 26.7 Å². The molecule has 0 saturated carbocycles. The van der Waals surface area contributed by atoms with Crippen molar-refractivity contribution < 1.29 is 4.79 Å². The molecule has 6 heteroatoms. The monoisotopic (exact) mass is 404 g/mol. The van der Waals surface area contributed by atoms with Crippen LogP contribution in [0.3, 0.4) is 0 Å². The highest BCUT2D eigenvalue weighted by atomic mass is 16.2. The number of carbonyl (C=O) groups excluding carboxylic acids is 1. The fourth-order valence-corrected chi connectivity index (χ4v) is 4.41. The lowest BCUT2D eigenvalue weighted by Crippen LogP contribution is -2.39. The molecule has 0 aliphatic carbocycles. The summed E-state index contributed by atoms with van der Waals surface area (Å²) in [5, 5.41) is 6.90. The highest BCUT2D eigenvalue weighted by Gasteiger charge is 2.26. The van der Waals surface area contributed by atoms with Crippen molar-refractivity contribution in [3.05, 3.63) is 81.0 Å². The number of H-pyrrole nitrogens is 1. The van der Waals surface area contributed by atoms with Crippen LogP contribution in [0.1, 0.15) is 45.7 Å². The maximum atomic E-state index is 12.9. The maximum Gasteiger partial charge on any atom is 0.347 e. The Morgan fingerprint density at radius 3 is 2.40 bits per heavy atom. The summed E-state index contributed by atoms with van der Waals surface area (Å²) in [5.41, 5.74) is 4.69. The number of carbonyl (C=O) groups is 1. The molecule has 1 N–H and O–H groups in total. The third-order valence-electron chi connectivity index (χ3n) is 5.94. The summed E-state index contributed by atoms with van der Waals surface area (Å²) in [5.74, 6) is 1.26. The van der Waals surface area contributed by atoms with Gasteiger partial charge in [-0.2, -0.15) is 5.10 Å². The summed E-state index contributed by atoms with van der Waals surface area (Å²) in [6, 6.07) is 13.9. The number of nitrogens with zero attached hydrogens (tertiary/aromatic N) is 3. The van der Waals surface area contributed by atoms with Gasteiger partial charge in [0, 0.05) is 25.1 Å². The molecule has 1 aliphatic heterocycles. The zero-order valence-corrected chi connectivity index (χ0v) is 17.8. The second-order valence-electron chi connectivity index (χ2n) is 8.38. The Morgan fingerprint density at radius 1 is 1.07 bits per heavy atom. The molecule has 2 heterocycles. The number of nitrogens with one attached hydrogen (secondary N) is 1. The number of para-hydroxylation sites is 1. The van der Waals surface area contributed by atoms with Crippen molar-refractivity contribution in [2.45, 2.75) is 40.0 Å². The number of piperidine rings is 1. The number of likely N-dealkylation sites (tertiary alicyclic amines) is 1. The number of rotatable bonds is 4. The number of amides is 1. The van der Waals surface area contributed by atoms with Gasteiger partial charge in [-0.15, -0.1) is 0 Å². The molecule has 0 bridgehead atoms. The summed E-state index contributed by atoms with van der Waals surface area (Å²) in [6.45, 7) is 7.50. The van der Waals surface area contributed by atoms with E-state index in [1.54, 1.807) is 4.57 Å². The van der Waals surface area contributed by atoms with Crippen LogP contribution in [-0.2, 0) is 6.42 Å². The van der Waals surface area contributed by atoms with E-state index in [0.717, 1.165) is 66.1 Å². The van der Waals surface area contributed by atoms with Crippen LogP contribution in [0.25, 0.3) is 5.69 Å². The fourth-order valence-electron chi connectivity index (χ4n) is 4.41. The van der Waals surface area contributed by atoms with E-state index in [1.807, 2.05) is 62.1 Å². The first-order valence-corrected chi connectivity index (χ1v) is 10.5. The Morgan fingerprint density at radius 2 is 1.73 bits per heavy atom. The van der Waals surface area contributed by atoms with E-state index >= 15 is 0 Å². The molecule has 1 saturated heterocycles. The van der Waals surface area contributed by atoms with Crippen LogP contribution in [0.4, 0.5) is 0 Å². The molecule has 0 unspecified atom stereocenters. The Balaban J connectivity index is 1.44. The van der Waals surface area contributed by atoms with Gasteiger partial charge in [0.1, 0.15) is 5.82 Å². The molecule has 1 aliphatic rings. The highest BCUT2D eigenvalue weighted by Crippen LogP contribution is 2.24. The summed E-state index contributed by atoms with van der Waals surface area (Å²) < 4.78 is 1.68. The number of hydrogen-bond donors (Lipinski definition) is 1. The smallest absolute Gasteiger partial charge is 0.339 e. The second kappa shape index (κ2) is 8.30. The van der Waals surface area contributed by atoms with Gasteiger partial charge in [0.25, 0.3) is 5.91 Å². The molecule has 0 radical (unpaired) electrons. The lowest BCUT2D eigenvalue weighted by atomic mass is 9.92. The van der Waals surface area contributed by atoms with Crippen LogP contribution in [0.5, 0.6) is 0 Å². The van der Waals surface area contributed by atoms with Crippen LogP contribution in [0.15, 0.2) is 47.3 Å². The van der Waals surface area contributed by atoms with E-state index < -0.39 is 0 Å². The van der Waals surface area contributed by atoms with Crippen LogP contribution < -0.4 is 5.69 Å². The van der Waals surface area contributed by atoms with Gasteiger partial charge in [-0.3, -0.25) is 4.79 Å². The average molecular weight is 405 g/mol. The molecule has 4 rings (SSSR count). The molecule has 30 heavy (non-hydrogen) atoms. The molecule has 2 aromatic carbocycles. The van der Waals surface area contributed by atoms with Gasteiger partial charge in [0.05, 0.1) is 5.69 Å². The number of aryl methyl sites for hydroxylation is 3. The lowest BCUT2D eigenvalue weighted by molar-refractivity contribution is 0.0689. The summed E-state index contributed by atoms with van der Waals surface area (Å²) in [6.07, 6.45) is 2.54. The Labute approximate surface area is 176 Å². The van der Waals surface area contributed by atoms with Crippen LogP contribution in [-0.4, -0.2) is 38.7 Å². The molecule has 3 aromatic rings. The van der Waals surface area contributed by atoms with Gasteiger partial charge in [0.15, 0.2) is 0 Å². The first kappa shape index (κ1) is 20.1. The topological polar surface area (TPSA) is 71.0 Å². The third-order valence-corrected chi connectivity index (χ3v) is 5.94. The Hall–Kier alpha value is -3.15. The van der Waals surface area contributed by atoms with Gasteiger partial charge < -0.3 is 4.90 Å². The Kier molecular flexibility index (Phi) is 5.57. The quantitative estimate of drug-likeness (QED) is 0.722. The molecule has 0 spiro atoms. The number of benzene rings is 2. The van der Waals surface area contributed by atoms with E-state index in [2.05, 4.69) is 16.3 Å². The number of aromatic amines is 1. The van der Waals surface area contributed by atoms with Gasteiger partial charge >= 0.3 is 5.69 Å².